The number of ether oxygens (including phenoxy) is 1. The highest BCUT2D eigenvalue weighted by atomic mass is 16.5. The summed E-state index contributed by atoms with van der Waals surface area (Å²) in [5.74, 6) is 2.04. The third-order valence-corrected chi connectivity index (χ3v) is 6.04. The Morgan fingerprint density at radius 1 is 1.29 bits per heavy atom. The molecule has 4 aliphatic rings. The molecule has 3 aliphatic heterocycles. The van der Waals surface area contributed by atoms with Gasteiger partial charge in [0.1, 0.15) is 5.60 Å². The van der Waals surface area contributed by atoms with E-state index in [4.69, 9.17) is 4.74 Å². The summed E-state index contributed by atoms with van der Waals surface area (Å²) in [4.78, 5) is 16.8. The lowest BCUT2D eigenvalue weighted by molar-refractivity contribution is -0.190. The van der Waals surface area contributed by atoms with E-state index in [2.05, 4.69) is 11.8 Å². The molecular formula is C17H28N2O2. The van der Waals surface area contributed by atoms with Crippen molar-refractivity contribution >= 4 is 5.91 Å². The van der Waals surface area contributed by atoms with Gasteiger partial charge in [-0.05, 0) is 57.0 Å². The number of carbonyl (C=O) groups excluding carboxylic acids is 1. The molecule has 3 atom stereocenters. The largest absolute Gasteiger partial charge is 0.371 e. The summed E-state index contributed by atoms with van der Waals surface area (Å²) >= 11 is 0. The zero-order chi connectivity index (χ0) is 14.4. The topological polar surface area (TPSA) is 32.8 Å². The van der Waals surface area contributed by atoms with Crippen molar-refractivity contribution in [1.82, 2.24) is 9.80 Å². The van der Waals surface area contributed by atoms with Gasteiger partial charge in [0, 0.05) is 12.5 Å². The van der Waals surface area contributed by atoms with Crippen LogP contribution in [0.1, 0.15) is 39.0 Å². The minimum Gasteiger partial charge on any atom is -0.371 e. The van der Waals surface area contributed by atoms with Gasteiger partial charge in [0.05, 0.1) is 19.7 Å². The molecule has 3 heterocycles. The normalized spacial score (nSPS) is 38.5. The molecule has 0 aromatic carbocycles. The molecule has 21 heavy (non-hydrogen) atoms. The smallest absolute Gasteiger partial charge is 0.226 e. The highest BCUT2D eigenvalue weighted by molar-refractivity contribution is 5.82. The van der Waals surface area contributed by atoms with Gasteiger partial charge < -0.3 is 14.5 Å². The number of carbonyl (C=O) groups is 1. The lowest BCUT2D eigenvalue weighted by Gasteiger charge is -2.53. The van der Waals surface area contributed by atoms with Gasteiger partial charge in [-0.15, -0.1) is 0 Å². The van der Waals surface area contributed by atoms with E-state index in [-0.39, 0.29) is 5.60 Å². The molecule has 1 aliphatic carbocycles. The maximum Gasteiger partial charge on any atom is 0.226 e. The van der Waals surface area contributed by atoms with E-state index in [1.165, 1.54) is 38.9 Å². The van der Waals surface area contributed by atoms with Crippen molar-refractivity contribution in [3.8, 4) is 0 Å². The van der Waals surface area contributed by atoms with Gasteiger partial charge in [-0.1, -0.05) is 6.92 Å². The quantitative estimate of drug-likeness (QED) is 0.794. The average Bonchev–Trinajstić information content (AvgIpc) is 2.96. The Morgan fingerprint density at radius 2 is 2.00 bits per heavy atom. The van der Waals surface area contributed by atoms with E-state index in [9.17, 15) is 4.79 Å². The number of rotatable bonds is 3. The Morgan fingerprint density at radius 3 is 2.57 bits per heavy atom. The van der Waals surface area contributed by atoms with Crippen molar-refractivity contribution < 1.29 is 9.53 Å². The molecule has 0 N–H and O–H groups in total. The SMILES string of the molecule is C[C@@H]1C[C@@H]1C(=O)N1CC2(CC[C@@H](CN3CCCC3)CO2)C1. The van der Waals surface area contributed by atoms with Crippen LogP contribution in [0, 0.1) is 17.8 Å². The van der Waals surface area contributed by atoms with E-state index >= 15 is 0 Å². The molecule has 1 spiro atoms. The van der Waals surface area contributed by atoms with Crippen molar-refractivity contribution in [2.45, 2.75) is 44.6 Å². The molecule has 4 heteroatoms. The number of likely N-dealkylation sites (tertiary alicyclic amines) is 2. The molecule has 4 rings (SSSR count). The fraction of sp³-hybridized carbons (Fsp3) is 0.941. The second-order valence-corrected chi connectivity index (χ2v) is 7.92. The first kappa shape index (κ1) is 14.0. The fourth-order valence-corrected chi connectivity index (χ4v) is 4.35. The van der Waals surface area contributed by atoms with Gasteiger partial charge in [0.15, 0.2) is 0 Å². The summed E-state index contributed by atoms with van der Waals surface area (Å²) in [6, 6.07) is 0. The van der Waals surface area contributed by atoms with Crippen molar-refractivity contribution in [3.63, 3.8) is 0 Å². The van der Waals surface area contributed by atoms with Crippen LogP contribution in [0.4, 0.5) is 0 Å². The van der Waals surface area contributed by atoms with E-state index < -0.39 is 0 Å². The zero-order valence-electron chi connectivity index (χ0n) is 13.2. The van der Waals surface area contributed by atoms with Crippen LogP contribution in [0.15, 0.2) is 0 Å². The van der Waals surface area contributed by atoms with Gasteiger partial charge in [0.2, 0.25) is 5.91 Å². The Labute approximate surface area is 127 Å². The van der Waals surface area contributed by atoms with Crippen molar-refractivity contribution in [3.05, 3.63) is 0 Å². The van der Waals surface area contributed by atoms with Crippen molar-refractivity contribution in [2.75, 3.05) is 39.3 Å². The van der Waals surface area contributed by atoms with Crippen LogP contribution in [0.5, 0.6) is 0 Å². The van der Waals surface area contributed by atoms with Crippen LogP contribution in [0.25, 0.3) is 0 Å². The molecule has 0 bridgehead atoms. The summed E-state index contributed by atoms with van der Waals surface area (Å²) in [7, 11) is 0. The lowest BCUT2D eigenvalue weighted by Crippen LogP contribution is -2.66. The van der Waals surface area contributed by atoms with Crippen LogP contribution in [0.3, 0.4) is 0 Å². The van der Waals surface area contributed by atoms with Crippen LogP contribution in [-0.4, -0.2) is 60.6 Å². The Bertz CT molecular complexity index is 403. The van der Waals surface area contributed by atoms with Gasteiger partial charge in [-0.25, -0.2) is 0 Å². The van der Waals surface area contributed by atoms with E-state index in [0.29, 0.717) is 23.7 Å². The predicted molar refractivity (Wildman–Crippen MR) is 80.9 cm³/mol. The van der Waals surface area contributed by atoms with E-state index in [1.807, 2.05) is 4.90 Å². The van der Waals surface area contributed by atoms with Crippen LogP contribution in [-0.2, 0) is 9.53 Å². The highest BCUT2D eigenvalue weighted by Gasteiger charge is 2.52. The minimum atomic E-state index is 0.0231. The molecule has 0 radical (unpaired) electrons. The first-order valence-electron chi connectivity index (χ1n) is 8.80. The van der Waals surface area contributed by atoms with E-state index in [0.717, 1.165) is 32.5 Å². The molecule has 1 amide bonds. The van der Waals surface area contributed by atoms with Gasteiger partial charge >= 0.3 is 0 Å². The maximum atomic E-state index is 12.2. The van der Waals surface area contributed by atoms with Crippen LogP contribution in [0.2, 0.25) is 0 Å². The Hall–Kier alpha value is -0.610. The molecule has 4 fully saturated rings. The summed E-state index contributed by atoms with van der Waals surface area (Å²) in [6.07, 6.45) is 6.26. The second-order valence-electron chi connectivity index (χ2n) is 7.92. The Balaban J connectivity index is 1.22. The molecule has 118 valence electrons. The second kappa shape index (κ2) is 5.24. The highest BCUT2D eigenvalue weighted by Crippen LogP contribution is 2.43. The lowest BCUT2D eigenvalue weighted by atomic mass is 9.82. The monoisotopic (exact) mass is 292 g/mol. The van der Waals surface area contributed by atoms with Crippen LogP contribution < -0.4 is 0 Å². The number of amides is 1. The summed E-state index contributed by atoms with van der Waals surface area (Å²) < 4.78 is 6.21. The zero-order valence-corrected chi connectivity index (χ0v) is 13.2. The fourth-order valence-electron chi connectivity index (χ4n) is 4.35. The molecule has 3 saturated heterocycles. The standard InChI is InChI=1S/C17H28N2O2/c1-13-8-15(13)16(20)19-11-17(12-19)5-4-14(10-21-17)9-18-6-2-3-7-18/h13-15H,2-12H2,1H3/t13-,14+,15+/m1/s1. The molecule has 0 aromatic heterocycles. The number of nitrogens with zero attached hydrogens (tertiary/aromatic N) is 2. The first-order valence-corrected chi connectivity index (χ1v) is 8.80. The summed E-state index contributed by atoms with van der Waals surface area (Å²) in [6.45, 7) is 8.57. The average molecular weight is 292 g/mol. The van der Waals surface area contributed by atoms with Crippen molar-refractivity contribution in [1.29, 1.82) is 0 Å². The number of hydrogen-bond donors (Lipinski definition) is 0. The molecule has 4 nitrogen and oxygen atoms in total. The first-order chi connectivity index (χ1) is 10.2. The third-order valence-electron chi connectivity index (χ3n) is 6.04. The minimum absolute atomic E-state index is 0.0231. The maximum absolute atomic E-state index is 12.2. The van der Waals surface area contributed by atoms with Crippen LogP contribution >= 0.6 is 0 Å². The van der Waals surface area contributed by atoms with Crippen molar-refractivity contribution in [2.24, 2.45) is 17.8 Å². The van der Waals surface area contributed by atoms with Gasteiger partial charge in [0.25, 0.3) is 0 Å². The molecule has 0 aromatic rings. The Kier molecular flexibility index (Phi) is 3.49. The molecule has 0 unspecified atom stereocenters. The number of hydrogen-bond acceptors (Lipinski definition) is 3. The summed E-state index contributed by atoms with van der Waals surface area (Å²) in [5.41, 5.74) is 0.0231. The third kappa shape index (κ3) is 2.72. The van der Waals surface area contributed by atoms with Gasteiger partial charge in [-0.3, -0.25) is 4.79 Å². The molecule has 1 saturated carbocycles. The van der Waals surface area contributed by atoms with Gasteiger partial charge in [-0.2, -0.15) is 0 Å². The molecular weight excluding hydrogens is 264 g/mol. The summed E-state index contributed by atoms with van der Waals surface area (Å²) in [5, 5.41) is 0. The predicted octanol–water partition coefficient (Wildman–Crippen LogP) is 1.75. The van der Waals surface area contributed by atoms with E-state index in [1.54, 1.807) is 0 Å².